The first-order valence-electron chi connectivity index (χ1n) is 15.0. The summed E-state index contributed by atoms with van der Waals surface area (Å²) in [6.45, 7) is 8.13. The van der Waals surface area contributed by atoms with Gasteiger partial charge < -0.3 is 15.3 Å². The highest BCUT2D eigenvalue weighted by Gasteiger charge is 2.55. The summed E-state index contributed by atoms with van der Waals surface area (Å²) in [5, 5.41) is 21.9. The van der Waals surface area contributed by atoms with Gasteiger partial charge in [-0.1, -0.05) is 62.9 Å². The van der Waals surface area contributed by atoms with Crippen LogP contribution in [0.5, 0.6) is 0 Å². The molecule has 40 heavy (non-hydrogen) atoms. The maximum absolute atomic E-state index is 14.0. The summed E-state index contributed by atoms with van der Waals surface area (Å²) in [5.74, 6) is -0.120. The molecule has 5 rings (SSSR count). The van der Waals surface area contributed by atoms with E-state index in [2.05, 4.69) is 58.5 Å². The van der Waals surface area contributed by atoms with Crippen LogP contribution < -0.4 is 5.32 Å². The van der Waals surface area contributed by atoms with E-state index in [4.69, 9.17) is 0 Å². The van der Waals surface area contributed by atoms with Crippen LogP contribution in [-0.2, 0) is 9.59 Å². The topological polar surface area (TPSA) is 102 Å². The Morgan fingerprint density at radius 2 is 1.75 bits per heavy atom. The second kappa shape index (κ2) is 13.0. The van der Waals surface area contributed by atoms with E-state index in [1.807, 2.05) is 17.9 Å². The molecule has 2 aliphatic heterocycles. The van der Waals surface area contributed by atoms with Crippen molar-refractivity contribution in [3.05, 3.63) is 52.8 Å². The van der Waals surface area contributed by atoms with Crippen LogP contribution >= 0.6 is 12.4 Å². The first-order valence-corrected chi connectivity index (χ1v) is 15.0. The lowest BCUT2D eigenvalue weighted by atomic mass is 9.77. The number of aromatic nitrogens is 2. The Bertz CT molecular complexity index is 1120. The van der Waals surface area contributed by atoms with Crippen molar-refractivity contribution in [3.63, 3.8) is 0 Å². The van der Waals surface area contributed by atoms with Gasteiger partial charge in [0.05, 0.1) is 17.8 Å². The Balaban J connectivity index is 0.00000370. The number of piperazine rings is 1. The summed E-state index contributed by atoms with van der Waals surface area (Å²) in [6.07, 6.45) is 7.28. The lowest BCUT2D eigenvalue weighted by Crippen LogP contribution is -2.75. The Morgan fingerprint density at radius 3 is 2.35 bits per heavy atom. The number of amides is 2. The number of halogens is 1. The smallest absolute Gasteiger partial charge is 0.248 e. The van der Waals surface area contributed by atoms with Gasteiger partial charge in [0.15, 0.2) is 0 Å². The quantitative estimate of drug-likeness (QED) is 0.435. The molecule has 2 aromatic rings. The third-order valence-electron chi connectivity index (χ3n) is 9.53. The molecular weight excluding hydrogens is 526 g/mol. The zero-order valence-corrected chi connectivity index (χ0v) is 25.0. The number of benzene rings is 1. The first-order chi connectivity index (χ1) is 18.9. The molecule has 1 aromatic heterocycles. The normalized spacial score (nSPS) is 23.5. The van der Waals surface area contributed by atoms with Crippen LogP contribution in [0, 0.1) is 19.8 Å². The predicted octanol–water partition coefficient (Wildman–Crippen LogP) is 4.44. The molecule has 8 nitrogen and oxygen atoms in total. The number of likely N-dealkylation sites (tertiary alicyclic amines) is 1. The number of aryl methyl sites for hydroxylation is 2. The van der Waals surface area contributed by atoms with Gasteiger partial charge in [0.1, 0.15) is 11.6 Å². The standard InChI is InChI=1S/C31H45N5O3.ClH/c1-4-5-18-36-29(38)26(28(37)24-14-10-7-11-15-24)32-30(39)31(36)16-19-35(20-17-31)27(23-12-8-6-9-13-23)25-21(2)33-34-22(25)3;/h6,8-9,12-13,24,26-28,37H,4-5,7,10-11,14-20H2,1-3H3,(H,32,39)(H,33,34);1H/t26-,27?,28-;/m1./s1. The third-order valence-corrected chi connectivity index (χ3v) is 9.53. The third kappa shape index (κ3) is 5.68. The SMILES string of the molecule is CCCCN1C(=O)[C@@H]([C@H](O)C2CCCCC2)NC(=O)C12CCN(C(c1ccccc1)c1c(C)n[nH]c1C)CC2.Cl. The number of unbranched alkanes of at least 4 members (excludes halogenated alkanes) is 1. The fourth-order valence-corrected chi connectivity index (χ4v) is 7.27. The molecule has 2 saturated heterocycles. The Hall–Kier alpha value is -2.42. The van der Waals surface area contributed by atoms with Crippen LogP contribution in [0.15, 0.2) is 30.3 Å². The molecule has 1 aromatic carbocycles. The van der Waals surface area contributed by atoms with Gasteiger partial charge in [-0.2, -0.15) is 5.10 Å². The second-order valence-electron chi connectivity index (χ2n) is 11.9. The van der Waals surface area contributed by atoms with Gasteiger partial charge in [-0.3, -0.25) is 19.6 Å². The number of hydrogen-bond donors (Lipinski definition) is 3. The van der Waals surface area contributed by atoms with Crippen molar-refractivity contribution < 1.29 is 14.7 Å². The maximum atomic E-state index is 14.0. The average Bonchev–Trinajstić information content (AvgIpc) is 3.30. The van der Waals surface area contributed by atoms with Crippen LogP contribution in [0.2, 0.25) is 0 Å². The molecule has 9 heteroatoms. The lowest BCUT2D eigenvalue weighted by molar-refractivity contribution is -0.166. The van der Waals surface area contributed by atoms with E-state index in [0.29, 0.717) is 32.5 Å². The maximum Gasteiger partial charge on any atom is 0.248 e. The molecule has 1 saturated carbocycles. The van der Waals surface area contributed by atoms with E-state index < -0.39 is 17.7 Å². The van der Waals surface area contributed by atoms with Crippen molar-refractivity contribution in [3.8, 4) is 0 Å². The summed E-state index contributed by atoms with van der Waals surface area (Å²) < 4.78 is 0. The van der Waals surface area contributed by atoms with Crippen molar-refractivity contribution in [1.29, 1.82) is 0 Å². The average molecular weight is 572 g/mol. The monoisotopic (exact) mass is 571 g/mol. The highest BCUT2D eigenvalue weighted by Crippen LogP contribution is 2.40. The molecule has 220 valence electrons. The molecule has 3 fully saturated rings. The minimum absolute atomic E-state index is 0. The molecule has 2 amide bonds. The molecule has 3 atom stereocenters. The van der Waals surface area contributed by atoms with Crippen LogP contribution in [-0.4, -0.2) is 74.2 Å². The minimum Gasteiger partial charge on any atom is -0.390 e. The van der Waals surface area contributed by atoms with Crippen LogP contribution in [0.25, 0.3) is 0 Å². The van der Waals surface area contributed by atoms with Gasteiger partial charge in [0.25, 0.3) is 0 Å². The fourth-order valence-electron chi connectivity index (χ4n) is 7.27. The van der Waals surface area contributed by atoms with Crippen LogP contribution in [0.3, 0.4) is 0 Å². The number of carbonyl (C=O) groups is 2. The van der Waals surface area contributed by atoms with E-state index in [9.17, 15) is 14.7 Å². The zero-order chi connectivity index (χ0) is 27.6. The summed E-state index contributed by atoms with van der Waals surface area (Å²) in [5.41, 5.74) is 3.55. The second-order valence-corrected chi connectivity index (χ2v) is 11.9. The first kappa shape index (κ1) is 30.5. The van der Waals surface area contributed by atoms with Crippen LogP contribution in [0.4, 0.5) is 0 Å². The highest BCUT2D eigenvalue weighted by atomic mass is 35.5. The number of rotatable bonds is 8. The molecule has 1 spiro atoms. The summed E-state index contributed by atoms with van der Waals surface area (Å²) >= 11 is 0. The summed E-state index contributed by atoms with van der Waals surface area (Å²) in [6, 6.07) is 9.66. The Kier molecular flexibility index (Phi) is 9.96. The predicted molar refractivity (Wildman–Crippen MR) is 158 cm³/mol. The van der Waals surface area contributed by atoms with Crippen molar-refractivity contribution in [2.45, 2.75) is 102 Å². The Morgan fingerprint density at radius 1 is 1.07 bits per heavy atom. The lowest BCUT2D eigenvalue weighted by Gasteiger charge is -2.53. The number of H-pyrrole nitrogens is 1. The number of nitrogens with zero attached hydrogens (tertiary/aromatic N) is 3. The van der Waals surface area contributed by atoms with Crippen molar-refractivity contribution >= 4 is 24.2 Å². The molecule has 0 radical (unpaired) electrons. The van der Waals surface area contributed by atoms with Gasteiger partial charge in [0, 0.05) is 30.9 Å². The molecule has 1 aliphatic carbocycles. The summed E-state index contributed by atoms with van der Waals surface area (Å²) in [4.78, 5) is 32.2. The van der Waals surface area contributed by atoms with Gasteiger partial charge >= 0.3 is 0 Å². The number of piperidine rings is 1. The molecule has 0 bridgehead atoms. The largest absolute Gasteiger partial charge is 0.390 e. The molecular formula is C31H46ClN5O3. The molecule has 3 N–H and O–H groups in total. The van der Waals surface area contributed by atoms with E-state index in [1.54, 1.807) is 0 Å². The molecule has 1 unspecified atom stereocenters. The number of carbonyl (C=O) groups excluding carboxylic acids is 2. The number of nitrogens with one attached hydrogen (secondary N) is 2. The zero-order valence-electron chi connectivity index (χ0n) is 24.2. The van der Waals surface area contributed by atoms with E-state index in [0.717, 1.165) is 49.9 Å². The van der Waals surface area contributed by atoms with E-state index in [1.165, 1.54) is 17.5 Å². The number of aromatic amines is 1. The van der Waals surface area contributed by atoms with Gasteiger partial charge in [-0.05, 0) is 57.4 Å². The number of aliphatic hydroxyl groups is 1. The van der Waals surface area contributed by atoms with Crippen LogP contribution in [0.1, 0.15) is 93.3 Å². The fraction of sp³-hybridized carbons (Fsp3) is 0.645. The number of hydrogen-bond acceptors (Lipinski definition) is 5. The molecule has 3 aliphatic rings. The summed E-state index contributed by atoms with van der Waals surface area (Å²) in [7, 11) is 0. The van der Waals surface area contributed by atoms with Crippen molar-refractivity contribution in [2.75, 3.05) is 19.6 Å². The van der Waals surface area contributed by atoms with Gasteiger partial charge in [0.2, 0.25) is 11.8 Å². The van der Waals surface area contributed by atoms with E-state index in [-0.39, 0.29) is 36.2 Å². The van der Waals surface area contributed by atoms with Gasteiger partial charge in [-0.15, -0.1) is 12.4 Å². The highest BCUT2D eigenvalue weighted by molar-refractivity contribution is 6.00. The van der Waals surface area contributed by atoms with Crippen molar-refractivity contribution in [1.82, 2.24) is 25.3 Å². The Labute approximate surface area is 244 Å². The van der Waals surface area contributed by atoms with Gasteiger partial charge in [-0.25, -0.2) is 0 Å². The van der Waals surface area contributed by atoms with E-state index >= 15 is 0 Å². The minimum atomic E-state index is -0.868. The number of aliphatic hydroxyl groups excluding tert-OH is 1. The molecule has 3 heterocycles. The van der Waals surface area contributed by atoms with Crippen molar-refractivity contribution in [2.24, 2.45) is 5.92 Å².